The molecule has 118 valence electrons. The Kier molecular flexibility index (Phi) is 4.41. The van der Waals surface area contributed by atoms with Gasteiger partial charge < -0.3 is 10.2 Å². The first-order chi connectivity index (χ1) is 11.1. The number of hydrogen-bond donors (Lipinski definition) is 1. The summed E-state index contributed by atoms with van der Waals surface area (Å²) < 4.78 is 6.49. The number of rotatable bonds is 4. The zero-order chi connectivity index (χ0) is 16.4. The van der Waals surface area contributed by atoms with E-state index in [4.69, 9.17) is 27.9 Å². The van der Waals surface area contributed by atoms with E-state index < -0.39 is 0 Å². The number of hydrogen-bond acceptors (Lipinski definition) is 4. The quantitative estimate of drug-likeness (QED) is 0.733. The summed E-state index contributed by atoms with van der Waals surface area (Å²) in [5.41, 5.74) is 4.21. The second-order valence-electron chi connectivity index (χ2n) is 4.86. The van der Waals surface area contributed by atoms with Crippen LogP contribution in [-0.2, 0) is 6.54 Å². The van der Waals surface area contributed by atoms with Crippen molar-refractivity contribution in [2.45, 2.75) is 6.54 Å². The van der Waals surface area contributed by atoms with Crippen molar-refractivity contribution in [2.24, 2.45) is 0 Å². The lowest BCUT2D eigenvalue weighted by atomic mass is 10.2. The molecule has 3 rings (SSSR count). The summed E-state index contributed by atoms with van der Waals surface area (Å²) >= 11 is 12.0. The van der Waals surface area contributed by atoms with E-state index in [1.54, 1.807) is 31.4 Å². The van der Waals surface area contributed by atoms with Gasteiger partial charge in [0.2, 0.25) is 0 Å². The molecular formula is C16H13Cl2N3O2. The Bertz CT molecular complexity index is 925. The predicted octanol–water partition coefficient (Wildman–Crippen LogP) is 3.46. The first-order valence-corrected chi connectivity index (χ1v) is 7.58. The van der Waals surface area contributed by atoms with Gasteiger partial charge >= 0.3 is 0 Å². The minimum atomic E-state index is -0.216. The average Bonchev–Trinajstić information content (AvgIpc) is 2.54. The van der Waals surface area contributed by atoms with Crippen LogP contribution in [0.1, 0.15) is 5.56 Å². The summed E-state index contributed by atoms with van der Waals surface area (Å²) in [6.45, 7) is 0.400. The molecule has 0 unspecified atom stereocenters. The number of nitrogens with one attached hydrogen (secondary N) is 1. The van der Waals surface area contributed by atoms with Crippen LogP contribution in [0.2, 0.25) is 10.2 Å². The molecule has 0 amide bonds. The van der Waals surface area contributed by atoms with Gasteiger partial charge in [-0.15, -0.1) is 0 Å². The first kappa shape index (κ1) is 15.6. The maximum Gasteiger partial charge on any atom is 0.270 e. The molecule has 0 aliphatic rings. The number of ether oxygens (including phenoxy) is 1. The van der Waals surface area contributed by atoms with Crippen molar-refractivity contribution in [3.05, 3.63) is 68.6 Å². The van der Waals surface area contributed by atoms with Gasteiger partial charge in [0.15, 0.2) is 5.65 Å². The van der Waals surface area contributed by atoms with Crippen LogP contribution >= 0.6 is 23.2 Å². The Balaban J connectivity index is 1.92. The van der Waals surface area contributed by atoms with Crippen LogP contribution in [0.5, 0.6) is 5.75 Å². The maximum absolute atomic E-state index is 12.1. The standard InChI is InChI=1S/C16H13Cl2N3O2/c1-23-13-5-2-10(8-12(13)17)9-19-21-15(22)7-4-11-3-6-14(18)20-16(11)21/h2-8,19H,9H2,1H3. The van der Waals surface area contributed by atoms with Crippen LogP contribution in [0.3, 0.4) is 0 Å². The molecule has 2 heterocycles. The molecule has 0 bridgehead atoms. The number of methoxy groups -OCH3 is 1. The van der Waals surface area contributed by atoms with E-state index in [0.29, 0.717) is 28.1 Å². The lowest BCUT2D eigenvalue weighted by Crippen LogP contribution is -2.28. The van der Waals surface area contributed by atoms with Gasteiger partial charge in [-0.25, -0.2) is 9.66 Å². The van der Waals surface area contributed by atoms with Crippen LogP contribution in [0.25, 0.3) is 11.0 Å². The van der Waals surface area contributed by atoms with E-state index in [1.807, 2.05) is 12.1 Å². The van der Waals surface area contributed by atoms with Crippen molar-refractivity contribution in [1.29, 1.82) is 0 Å². The molecule has 3 aromatic rings. The zero-order valence-corrected chi connectivity index (χ0v) is 13.7. The van der Waals surface area contributed by atoms with Crippen molar-refractivity contribution in [3.8, 4) is 5.75 Å². The van der Waals surface area contributed by atoms with Crippen LogP contribution in [0.4, 0.5) is 0 Å². The lowest BCUT2D eigenvalue weighted by Gasteiger charge is -2.13. The third kappa shape index (κ3) is 3.25. The van der Waals surface area contributed by atoms with Crippen LogP contribution in [0, 0.1) is 0 Å². The topological polar surface area (TPSA) is 56.1 Å². The van der Waals surface area contributed by atoms with E-state index >= 15 is 0 Å². The van der Waals surface area contributed by atoms with E-state index in [1.165, 1.54) is 10.7 Å². The molecule has 2 aromatic heterocycles. The zero-order valence-electron chi connectivity index (χ0n) is 12.2. The van der Waals surface area contributed by atoms with E-state index in [9.17, 15) is 4.79 Å². The van der Waals surface area contributed by atoms with Gasteiger partial charge in [0, 0.05) is 11.5 Å². The van der Waals surface area contributed by atoms with Gasteiger partial charge in [0.1, 0.15) is 10.9 Å². The molecule has 0 radical (unpaired) electrons. The Morgan fingerprint density at radius 3 is 2.70 bits per heavy atom. The van der Waals surface area contributed by atoms with Gasteiger partial charge in [0.25, 0.3) is 5.56 Å². The fraction of sp³-hybridized carbons (Fsp3) is 0.125. The van der Waals surface area contributed by atoms with E-state index in [2.05, 4.69) is 10.4 Å². The van der Waals surface area contributed by atoms with E-state index in [-0.39, 0.29) is 5.56 Å². The second-order valence-corrected chi connectivity index (χ2v) is 5.65. The molecule has 1 N–H and O–H groups in total. The fourth-order valence-electron chi connectivity index (χ4n) is 2.23. The molecule has 1 aromatic carbocycles. The van der Waals surface area contributed by atoms with Crippen molar-refractivity contribution in [3.63, 3.8) is 0 Å². The summed E-state index contributed by atoms with van der Waals surface area (Å²) in [6, 6.07) is 12.1. The molecule has 0 aliphatic carbocycles. The van der Waals surface area contributed by atoms with Crippen LogP contribution in [-0.4, -0.2) is 16.8 Å². The molecule has 0 saturated carbocycles. The molecule has 0 saturated heterocycles. The van der Waals surface area contributed by atoms with Gasteiger partial charge in [-0.3, -0.25) is 4.79 Å². The summed E-state index contributed by atoms with van der Waals surface area (Å²) in [6.07, 6.45) is 0. The fourth-order valence-corrected chi connectivity index (χ4v) is 2.65. The number of halogens is 2. The molecule has 0 spiro atoms. The van der Waals surface area contributed by atoms with Crippen molar-refractivity contribution in [1.82, 2.24) is 9.66 Å². The number of nitrogens with zero attached hydrogens (tertiary/aromatic N) is 2. The normalized spacial score (nSPS) is 10.7. The molecule has 0 fully saturated rings. The highest BCUT2D eigenvalue weighted by atomic mass is 35.5. The van der Waals surface area contributed by atoms with Gasteiger partial charge in [-0.2, -0.15) is 0 Å². The number of benzene rings is 1. The highest BCUT2D eigenvalue weighted by Gasteiger charge is 2.06. The minimum absolute atomic E-state index is 0.216. The molecule has 23 heavy (non-hydrogen) atoms. The molecule has 5 nitrogen and oxygen atoms in total. The van der Waals surface area contributed by atoms with Gasteiger partial charge in [-0.1, -0.05) is 29.3 Å². The lowest BCUT2D eigenvalue weighted by molar-refractivity contribution is 0.415. The Hall–Kier alpha value is -2.24. The number of fused-ring (bicyclic) bond motifs is 1. The summed E-state index contributed by atoms with van der Waals surface area (Å²) in [5, 5.41) is 1.65. The molecular weight excluding hydrogens is 337 g/mol. The third-order valence-electron chi connectivity index (χ3n) is 3.37. The largest absolute Gasteiger partial charge is 0.495 e. The second kappa shape index (κ2) is 6.48. The van der Waals surface area contributed by atoms with Crippen molar-refractivity contribution >= 4 is 34.2 Å². The van der Waals surface area contributed by atoms with Gasteiger partial charge in [0.05, 0.1) is 18.7 Å². The molecule has 0 aliphatic heterocycles. The monoisotopic (exact) mass is 349 g/mol. The highest BCUT2D eigenvalue weighted by molar-refractivity contribution is 6.32. The van der Waals surface area contributed by atoms with Crippen molar-refractivity contribution < 1.29 is 4.74 Å². The minimum Gasteiger partial charge on any atom is -0.495 e. The van der Waals surface area contributed by atoms with Gasteiger partial charge in [-0.05, 0) is 35.9 Å². The smallest absolute Gasteiger partial charge is 0.270 e. The first-order valence-electron chi connectivity index (χ1n) is 6.83. The van der Waals surface area contributed by atoms with Crippen molar-refractivity contribution in [2.75, 3.05) is 12.5 Å². The van der Waals surface area contributed by atoms with Crippen LogP contribution in [0.15, 0.2) is 47.3 Å². The maximum atomic E-state index is 12.1. The molecule has 0 atom stereocenters. The summed E-state index contributed by atoms with van der Waals surface area (Å²) in [7, 11) is 1.56. The summed E-state index contributed by atoms with van der Waals surface area (Å²) in [4.78, 5) is 16.3. The Morgan fingerprint density at radius 2 is 1.96 bits per heavy atom. The van der Waals surface area contributed by atoms with E-state index in [0.717, 1.165) is 10.9 Å². The number of aromatic nitrogens is 2. The highest BCUT2D eigenvalue weighted by Crippen LogP contribution is 2.25. The molecule has 7 heteroatoms. The predicted molar refractivity (Wildman–Crippen MR) is 92.1 cm³/mol. The average molecular weight is 350 g/mol. The Morgan fingerprint density at radius 1 is 1.17 bits per heavy atom. The SMILES string of the molecule is COc1ccc(CNn2c(=O)ccc3ccc(Cl)nc32)cc1Cl. The van der Waals surface area contributed by atoms with Crippen LogP contribution < -0.4 is 15.7 Å². The summed E-state index contributed by atoms with van der Waals surface area (Å²) in [5.74, 6) is 0.603. The third-order valence-corrected chi connectivity index (χ3v) is 3.87. The Labute approximate surface area is 142 Å². The number of pyridine rings is 2.